The first-order chi connectivity index (χ1) is 10.2. The number of hydrogen-bond donors (Lipinski definition) is 1. The second-order valence-corrected chi connectivity index (χ2v) is 4.38. The molecule has 0 aliphatic carbocycles. The molecule has 0 saturated heterocycles. The number of nitrogens with two attached hydrogens (primary N) is 1. The van der Waals surface area contributed by atoms with E-state index in [9.17, 15) is 26.3 Å². The van der Waals surface area contributed by atoms with E-state index in [0.29, 0.717) is 6.07 Å². The number of halogens is 6. The van der Waals surface area contributed by atoms with Gasteiger partial charge in [-0.15, -0.1) is 13.2 Å². The number of alkyl halides is 3. The lowest BCUT2D eigenvalue weighted by Gasteiger charge is -2.15. The van der Waals surface area contributed by atoms with Crippen LogP contribution in [0.25, 0.3) is 0 Å². The number of hydrogen-bond acceptors (Lipinski definition) is 2. The number of rotatable bonds is 3. The van der Waals surface area contributed by atoms with E-state index in [-0.39, 0.29) is 11.1 Å². The molecule has 0 fully saturated rings. The van der Waals surface area contributed by atoms with E-state index in [2.05, 4.69) is 4.74 Å². The Morgan fingerprint density at radius 2 is 1.59 bits per heavy atom. The van der Waals surface area contributed by atoms with E-state index in [4.69, 9.17) is 5.73 Å². The molecule has 8 heteroatoms. The molecule has 0 heterocycles. The maximum absolute atomic E-state index is 13.6. The van der Waals surface area contributed by atoms with Crippen molar-refractivity contribution in [3.8, 4) is 5.75 Å². The predicted octanol–water partition coefficient (Wildman–Crippen LogP) is 4.05. The van der Waals surface area contributed by atoms with Crippen molar-refractivity contribution in [2.45, 2.75) is 12.4 Å². The Morgan fingerprint density at radius 3 is 2.18 bits per heavy atom. The molecule has 0 unspecified atom stereocenters. The highest BCUT2D eigenvalue weighted by Crippen LogP contribution is 2.29. The van der Waals surface area contributed by atoms with E-state index >= 15 is 0 Å². The summed E-state index contributed by atoms with van der Waals surface area (Å²) in [5.41, 5.74) is 5.42. The van der Waals surface area contributed by atoms with Crippen molar-refractivity contribution in [2.75, 3.05) is 0 Å². The van der Waals surface area contributed by atoms with E-state index in [1.54, 1.807) is 0 Å². The van der Waals surface area contributed by atoms with Gasteiger partial charge in [-0.1, -0.05) is 6.07 Å². The van der Waals surface area contributed by atoms with Crippen LogP contribution in [-0.4, -0.2) is 6.36 Å². The average molecular weight is 321 g/mol. The molecule has 2 nitrogen and oxygen atoms in total. The third kappa shape index (κ3) is 3.70. The van der Waals surface area contributed by atoms with Gasteiger partial charge in [0.25, 0.3) is 0 Å². The maximum atomic E-state index is 13.6. The van der Waals surface area contributed by atoms with Crippen LogP contribution in [0, 0.1) is 17.5 Å². The first-order valence-corrected chi connectivity index (χ1v) is 5.93. The largest absolute Gasteiger partial charge is 0.573 e. The summed E-state index contributed by atoms with van der Waals surface area (Å²) in [6, 6.07) is 3.75. The van der Waals surface area contributed by atoms with E-state index < -0.39 is 35.6 Å². The van der Waals surface area contributed by atoms with Crippen molar-refractivity contribution in [1.29, 1.82) is 0 Å². The molecule has 2 aromatic carbocycles. The normalized spacial score (nSPS) is 13.0. The molecule has 0 aliphatic rings. The van der Waals surface area contributed by atoms with Crippen LogP contribution >= 0.6 is 0 Å². The van der Waals surface area contributed by atoms with Gasteiger partial charge in [-0.2, -0.15) is 0 Å². The third-order valence-corrected chi connectivity index (χ3v) is 2.83. The van der Waals surface area contributed by atoms with Crippen LogP contribution < -0.4 is 10.5 Å². The van der Waals surface area contributed by atoms with Crippen molar-refractivity contribution >= 4 is 0 Å². The predicted molar refractivity (Wildman–Crippen MR) is 65.5 cm³/mol. The molecular formula is C14H9F6NO. The minimum Gasteiger partial charge on any atom is -0.403 e. The molecular weight excluding hydrogens is 312 g/mol. The summed E-state index contributed by atoms with van der Waals surface area (Å²) in [5.74, 6) is -3.92. The van der Waals surface area contributed by atoms with Crippen LogP contribution in [0.5, 0.6) is 5.75 Å². The quantitative estimate of drug-likeness (QED) is 0.866. The molecule has 0 saturated carbocycles. The van der Waals surface area contributed by atoms with E-state index in [1.807, 2.05) is 0 Å². The van der Waals surface area contributed by atoms with Gasteiger partial charge in [0.2, 0.25) is 0 Å². The van der Waals surface area contributed by atoms with Gasteiger partial charge in [0.05, 0.1) is 6.04 Å². The molecule has 2 rings (SSSR count). The summed E-state index contributed by atoms with van der Waals surface area (Å²) in [4.78, 5) is 0. The Hall–Kier alpha value is -2.22. The SMILES string of the molecule is N[C@H](c1ccc(OC(F)(F)F)c(F)c1)c1cc(F)ccc1F. The first-order valence-electron chi connectivity index (χ1n) is 5.93. The molecule has 0 amide bonds. The summed E-state index contributed by atoms with van der Waals surface area (Å²) in [5, 5.41) is 0. The van der Waals surface area contributed by atoms with Gasteiger partial charge in [0.1, 0.15) is 11.6 Å². The van der Waals surface area contributed by atoms with Crippen LogP contribution in [0.4, 0.5) is 26.3 Å². The van der Waals surface area contributed by atoms with Gasteiger partial charge in [0.15, 0.2) is 11.6 Å². The molecule has 2 N–H and O–H groups in total. The maximum Gasteiger partial charge on any atom is 0.573 e. The Kier molecular flexibility index (Phi) is 4.32. The summed E-state index contributed by atoms with van der Waals surface area (Å²) in [7, 11) is 0. The van der Waals surface area contributed by atoms with Crippen LogP contribution in [0.2, 0.25) is 0 Å². The fourth-order valence-electron chi connectivity index (χ4n) is 1.85. The van der Waals surface area contributed by atoms with Gasteiger partial charge in [-0.25, -0.2) is 13.2 Å². The molecule has 0 radical (unpaired) electrons. The fourth-order valence-corrected chi connectivity index (χ4v) is 1.85. The van der Waals surface area contributed by atoms with Crippen molar-refractivity contribution < 1.29 is 31.1 Å². The zero-order chi connectivity index (χ0) is 16.5. The Morgan fingerprint density at radius 1 is 0.909 bits per heavy atom. The van der Waals surface area contributed by atoms with Crippen LogP contribution in [-0.2, 0) is 0 Å². The molecule has 0 spiro atoms. The molecule has 1 atom stereocenters. The lowest BCUT2D eigenvalue weighted by atomic mass is 9.99. The van der Waals surface area contributed by atoms with Gasteiger partial charge in [-0.3, -0.25) is 0 Å². The topological polar surface area (TPSA) is 35.2 Å². The zero-order valence-corrected chi connectivity index (χ0v) is 10.8. The monoisotopic (exact) mass is 321 g/mol. The van der Waals surface area contributed by atoms with Gasteiger partial charge < -0.3 is 10.5 Å². The third-order valence-electron chi connectivity index (χ3n) is 2.83. The lowest BCUT2D eigenvalue weighted by molar-refractivity contribution is -0.275. The fraction of sp³-hybridized carbons (Fsp3) is 0.143. The van der Waals surface area contributed by atoms with Crippen molar-refractivity contribution in [3.63, 3.8) is 0 Å². The second kappa shape index (κ2) is 5.88. The Balaban J connectivity index is 2.33. The van der Waals surface area contributed by atoms with Gasteiger partial charge in [0, 0.05) is 5.56 Å². The van der Waals surface area contributed by atoms with Crippen LogP contribution in [0.1, 0.15) is 17.2 Å². The smallest absolute Gasteiger partial charge is 0.403 e. The van der Waals surface area contributed by atoms with Gasteiger partial charge >= 0.3 is 6.36 Å². The second-order valence-electron chi connectivity index (χ2n) is 4.38. The summed E-state index contributed by atoms with van der Waals surface area (Å²) in [6.07, 6.45) is -5.04. The van der Waals surface area contributed by atoms with Crippen LogP contribution in [0.3, 0.4) is 0 Å². The first kappa shape index (κ1) is 16.2. The van der Waals surface area contributed by atoms with Gasteiger partial charge in [-0.05, 0) is 35.9 Å². The molecule has 0 bridgehead atoms. The minimum absolute atomic E-state index is 0.0310. The summed E-state index contributed by atoms with van der Waals surface area (Å²) >= 11 is 0. The highest BCUT2D eigenvalue weighted by Gasteiger charge is 2.32. The van der Waals surface area contributed by atoms with E-state index in [0.717, 1.165) is 30.3 Å². The Labute approximate surface area is 121 Å². The lowest BCUT2D eigenvalue weighted by Crippen LogP contribution is -2.18. The molecule has 0 aliphatic heterocycles. The van der Waals surface area contributed by atoms with Crippen molar-refractivity contribution in [1.82, 2.24) is 0 Å². The summed E-state index contributed by atoms with van der Waals surface area (Å²) in [6.45, 7) is 0. The summed E-state index contributed by atoms with van der Waals surface area (Å²) < 4.78 is 79.9. The zero-order valence-electron chi connectivity index (χ0n) is 10.8. The van der Waals surface area contributed by atoms with Crippen molar-refractivity contribution in [2.24, 2.45) is 5.73 Å². The van der Waals surface area contributed by atoms with Crippen molar-refractivity contribution in [3.05, 3.63) is 65.0 Å². The Bertz CT molecular complexity index is 686. The highest BCUT2D eigenvalue weighted by atomic mass is 19.4. The molecule has 2 aromatic rings. The molecule has 22 heavy (non-hydrogen) atoms. The number of benzene rings is 2. The molecule has 118 valence electrons. The molecule has 0 aromatic heterocycles. The van der Waals surface area contributed by atoms with Crippen LogP contribution in [0.15, 0.2) is 36.4 Å². The standard InChI is InChI=1S/C14H9F6NO/c15-8-2-3-10(16)9(6-8)13(21)7-1-4-12(11(17)5-7)22-14(18,19)20/h1-6,13H,21H2/t13-/m1/s1. The minimum atomic E-state index is -5.04. The number of ether oxygens (including phenoxy) is 1. The average Bonchev–Trinajstić information content (AvgIpc) is 2.41. The van der Waals surface area contributed by atoms with E-state index in [1.165, 1.54) is 0 Å². The highest BCUT2D eigenvalue weighted by molar-refractivity contribution is 5.37.